The average Bonchev–Trinajstić information content (AvgIpc) is 3.40. The van der Waals surface area contributed by atoms with Crippen molar-refractivity contribution in [2.45, 2.75) is 23.9 Å². The van der Waals surface area contributed by atoms with Crippen molar-refractivity contribution in [3.8, 4) is 5.69 Å². The highest BCUT2D eigenvalue weighted by atomic mass is 32.2. The van der Waals surface area contributed by atoms with Gasteiger partial charge in [-0.15, -0.1) is 5.10 Å². The molecule has 1 saturated carbocycles. The number of carbonyl (C=O) groups excluding carboxylic acids is 1. The molecule has 7 heteroatoms. The number of para-hydroxylation sites is 1. The van der Waals surface area contributed by atoms with Crippen molar-refractivity contribution in [1.29, 1.82) is 0 Å². The smallest absolute Gasteiger partial charge is 0.233 e. The third kappa shape index (κ3) is 3.47. The van der Waals surface area contributed by atoms with Gasteiger partial charge in [-0.3, -0.25) is 4.79 Å². The number of hydrogen-bond acceptors (Lipinski definition) is 5. The molecular formula is C17H20N4O2S. The van der Waals surface area contributed by atoms with Crippen molar-refractivity contribution in [2.75, 3.05) is 32.1 Å². The lowest BCUT2D eigenvalue weighted by Crippen LogP contribution is -2.41. The van der Waals surface area contributed by atoms with E-state index in [1.165, 1.54) is 24.6 Å². The van der Waals surface area contributed by atoms with Gasteiger partial charge in [-0.25, -0.2) is 9.67 Å². The minimum Gasteiger partial charge on any atom is -0.378 e. The van der Waals surface area contributed by atoms with Crippen LogP contribution in [0.1, 0.15) is 24.6 Å². The molecule has 2 aliphatic rings. The molecule has 24 heavy (non-hydrogen) atoms. The maximum atomic E-state index is 12.3. The van der Waals surface area contributed by atoms with Crippen molar-refractivity contribution in [3.05, 3.63) is 36.2 Å². The zero-order valence-corrected chi connectivity index (χ0v) is 14.2. The molecule has 0 bridgehead atoms. The van der Waals surface area contributed by atoms with Crippen molar-refractivity contribution in [2.24, 2.45) is 0 Å². The Labute approximate surface area is 145 Å². The van der Waals surface area contributed by atoms with E-state index in [9.17, 15) is 4.79 Å². The Morgan fingerprint density at radius 3 is 2.67 bits per heavy atom. The molecule has 2 fully saturated rings. The summed E-state index contributed by atoms with van der Waals surface area (Å²) in [6.07, 6.45) is 2.34. The Hall–Kier alpha value is -1.86. The van der Waals surface area contributed by atoms with Crippen molar-refractivity contribution < 1.29 is 9.53 Å². The van der Waals surface area contributed by atoms with Crippen LogP contribution in [0.3, 0.4) is 0 Å². The summed E-state index contributed by atoms with van der Waals surface area (Å²) >= 11 is 1.42. The summed E-state index contributed by atoms with van der Waals surface area (Å²) in [4.78, 5) is 18.8. The number of carbonyl (C=O) groups is 1. The Bertz CT molecular complexity index is 709. The van der Waals surface area contributed by atoms with Crippen LogP contribution in [-0.2, 0) is 9.53 Å². The van der Waals surface area contributed by atoms with E-state index in [2.05, 4.69) is 10.1 Å². The van der Waals surface area contributed by atoms with Gasteiger partial charge in [0.2, 0.25) is 11.1 Å². The third-order valence-corrected chi connectivity index (χ3v) is 5.07. The minimum absolute atomic E-state index is 0.132. The Kier molecular flexibility index (Phi) is 4.53. The van der Waals surface area contributed by atoms with Gasteiger partial charge in [0.05, 0.1) is 24.7 Å². The fourth-order valence-electron chi connectivity index (χ4n) is 2.76. The molecule has 6 nitrogen and oxygen atoms in total. The molecule has 0 atom stereocenters. The summed E-state index contributed by atoms with van der Waals surface area (Å²) in [6.45, 7) is 2.61. The normalized spacial score (nSPS) is 17.9. The molecule has 1 aliphatic heterocycles. The van der Waals surface area contributed by atoms with Gasteiger partial charge in [0, 0.05) is 19.0 Å². The molecule has 1 aromatic heterocycles. The topological polar surface area (TPSA) is 60.2 Å². The molecular weight excluding hydrogens is 324 g/mol. The van der Waals surface area contributed by atoms with Gasteiger partial charge in [-0.1, -0.05) is 30.0 Å². The van der Waals surface area contributed by atoms with Gasteiger partial charge in [0.25, 0.3) is 0 Å². The first-order valence-electron chi connectivity index (χ1n) is 8.32. The van der Waals surface area contributed by atoms with E-state index in [1.54, 1.807) is 0 Å². The number of morpholine rings is 1. The number of thioether (sulfide) groups is 1. The number of ether oxygens (including phenoxy) is 1. The van der Waals surface area contributed by atoms with Crippen LogP contribution >= 0.6 is 11.8 Å². The summed E-state index contributed by atoms with van der Waals surface area (Å²) in [7, 11) is 0. The third-order valence-electron chi connectivity index (χ3n) is 4.24. The van der Waals surface area contributed by atoms with E-state index in [0.29, 0.717) is 43.1 Å². The van der Waals surface area contributed by atoms with Crippen LogP contribution < -0.4 is 0 Å². The average molecular weight is 344 g/mol. The summed E-state index contributed by atoms with van der Waals surface area (Å²) in [5.74, 6) is 2.03. The molecule has 0 spiro atoms. The molecule has 2 aromatic rings. The van der Waals surface area contributed by atoms with Crippen molar-refractivity contribution in [1.82, 2.24) is 19.7 Å². The predicted molar refractivity (Wildman–Crippen MR) is 91.5 cm³/mol. The van der Waals surface area contributed by atoms with E-state index >= 15 is 0 Å². The quantitative estimate of drug-likeness (QED) is 0.778. The van der Waals surface area contributed by atoms with E-state index in [0.717, 1.165) is 11.5 Å². The lowest BCUT2D eigenvalue weighted by Gasteiger charge is -2.26. The van der Waals surface area contributed by atoms with Gasteiger partial charge in [0.15, 0.2) is 0 Å². The SMILES string of the molecule is O=C(CSc1nc(C2CC2)n(-c2ccccc2)n1)N1CCOCC1. The molecule has 4 rings (SSSR count). The maximum Gasteiger partial charge on any atom is 0.233 e. The first kappa shape index (κ1) is 15.7. The Morgan fingerprint density at radius 1 is 1.21 bits per heavy atom. The number of hydrogen-bond donors (Lipinski definition) is 0. The molecule has 1 saturated heterocycles. The number of benzene rings is 1. The number of amides is 1. The van der Waals surface area contributed by atoms with Crippen LogP contribution in [0, 0.1) is 0 Å². The second-order valence-corrected chi connectivity index (χ2v) is 7.00. The zero-order chi connectivity index (χ0) is 16.4. The van der Waals surface area contributed by atoms with Crippen LogP contribution in [0.2, 0.25) is 0 Å². The van der Waals surface area contributed by atoms with Crippen LogP contribution in [0.5, 0.6) is 0 Å². The molecule has 0 radical (unpaired) electrons. The fraction of sp³-hybridized carbons (Fsp3) is 0.471. The number of aromatic nitrogens is 3. The van der Waals surface area contributed by atoms with E-state index in [1.807, 2.05) is 39.9 Å². The molecule has 126 valence electrons. The fourth-order valence-corrected chi connectivity index (χ4v) is 3.49. The second-order valence-electron chi connectivity index (χ2n) is 6.06. The van der Waals surface area contributed by atoms with E-state index < -0.39 is 0 Å². The number of nitrogens with zero attached hydrogens (tertiary/aromatic N) is 4. The van der Waals surface area contributed by atoms with Gasteiger partial charge in [0.1, 0.15) is 5.82 Å². The van der Waals surface area contributed by atoms with Gasteiger partial charge in [-0.2, -0.15) is 0 Å². The highest BCUT2D eigenvalue weighted by Gasteiger charge is 2.30. The molecule has 1 aromatic carbocycles. The zero-order valence-electron chi connectivity index (χ0n) is 13.4. The Morgan fingerprint density at radius 2 is 1.96 bits per heavy atom. The summed E-state index contributed by atoms with van der Waals surface area (Å²) in [5, 5.41) is 5.31. The summed E-state index contributed by atoms with van der Waals surface area (Å²) < 4.78 is 7.22. The first-order valence-corrected chi connectivity index (χ1v) is 9.30. The second kappa shape index (κ2) is 6.94. The van der Waals surface area contributed by atoms with E-state index in [-0.39, 0.29) is 5.91 Å². The van der Waals surface area contributed by atoms with Gasteiger partial charge in [-0.05, 0) is 25.0 Å². The van der Waals surface area contributed by atoms with Crippen molar-refractivity contribution >= 4 is 17.7 Å². The van der Waals surface area contributed by atoms with Crippen molar-refractivity contribution in [3.63, 3.8) is 0 Å². The lowest BCUT2D eigenvalue weighted by molar-refractivity contribution is -0.132. The highest BCUT2D eigenvalue weighted by Crippen LogP contribution is 2.40. The van der Waals surface area contributed by atoms with E-state index in [4.69, 9.17) is 4.74 Å². The standard InChI is InChI=1S/C17H20N4O2S/c22-15(20-8-10-23-11-9-20)12-24-17-18-16(13-6-7-13)21(19-17)14-4-2-1-3-5-14/h1-5,13H,6-12H2. The summed E-state index contributed by atoms with van der Waals surface area (Å²) in [6, 6.07) is 10.1. The molecule has 2 heterocycles. The number of rotatable bonds is 5. The maximum absolute atomic E-state index is 12.3. The van der Waals surface area contributed by atoms with Crippen LogP contribution in [0.25, 0.3) is 5.69 Å². The first-order chi connectivity index (χ1) is 11.8. The summed E-state index contributed by atoms with van der Waals surface area (Å²) in [5.41, 5.74) is 1.03. The van der Waals surface area contributed by atoms with Crippen LogP contribution in [0.4, 0.5) is 0 Å². The molecule has 1 amide bonds. The lowest BCUT2D eigenvalue weighted by atomic mass is 10.3. The minimum atomic E-state index is 0.132. The Balaban J connectivity index is 1.47. The predicted octanol–water partition coefficient (Wildman–Crippen LogP) is 2.10. The molecule has 0 unspecified atom stereocenters. The van der Waals surface area contributed by atoms with Crippen LogP contribution in [-0.4, -0.2) is 57.6 Å². The van der Waals surface area contributed by atoms with Gasteiger partial charge >= 0.3 is 0 Å². The van der Waals surface area contributed by atoms with Crippen LogP contribution in [0.15, 0.2) is 35.5 Å². The van der Waals surface area contributed by atoms with Gasteiger partial charge < -0.3 is 9.64 Å². The molecule has 0 N–H and O–H groups in total. The largest absolute Gasteiger partial charge is 0.378 e. The monoisotopic (exact) mass is 344 g/mol. The highest BCUT2D eigenvalue weighted by molar-refractivity contribution is 7.99. The molecule has 1 aliphatic carbocycles.